The van der Waals surface area contributed by atoms with Crippen LogP contribution < -0.4 is 0 Å². The molecule has 1 amide bonds. The lowest BCUT2D eigenvalue weighted by Gasteiger charge is -2.33. The standard InChI is InChI=1S/C34H33F4N5O4/c1-33(2,3)47-32(45)43(27-9-6-10-28(27)44)17-19-13-25(34(36,37)38)29-26(14-19)40-31(46-29)21-8-5-7-20(15-21)23-12-11-22(35)16-24(23)30-41-39-18-42(30)4/h5,7-8,11-16,18,27-28,44H,6,9-10,17H2,1-4H3/t27?,28-/m1/s1. The number of amides is 1. The van der Waals surface area contributed by atoms with E-state index in [0.717, 1.165) is 6.07 Å². The fourth-order valence-corrected chi connectivity index (χ4v) is 5.94. The predicted molar refractivity (Wildman–Crippen MR) is 165 cm³/mol. The van der Waals surface area contributed by atoms with Gasteiger partial charge < -0.3 is 18.8 Å². The van der Waals surface area contributed by atoms with Crippen molar-refractivity contribution in [1.82, 2.24) is 24.6 Å². The second kappa shape index (κ2) is 12.1. The van der Waals surface area contributed by atoms with Crippen LogP contribution in [0.15, 0.2) is 65.3 Å². The van der Waals surface area contributed by atoms with Crippen LogP contribution in [-0.2, 0) is 24.5 Å². The maximum absolute atomic E-state index is 14.4. The highest BCUT2D eigenvalue weighted by atomic mass is 19.4. The average molecular weight is 652 g/mol. The van der Waals surface area contributed by atoms with Gasteiger partial charge in [0, 0.05) is 24.7 Å². The van der Waals surface area contributed by atoms with Crippen molar-refractivity contribution in [2.24, 2.45) is 7.05 Å². The number of halogens is 4. The minimum atomic E-state index is -4.80. The van der Waals surface area contributed by atoms with Crippen molar-refractivity contribution in [3.8, 4) is 34.0 Å². The first-order valence-electron chi connectivity index (χ1n) is 15.1. The van der Waals surface area contributed by atoms with E-state index >= 15 is 0 Å². The molecule has 1 saturated carbocycles. The first-order valence-corrected chi connectivity index (χ1v) is 15.1. The summed E-state index contributed by atoms with van der Waals surface area (Å²) >= 11 is 0. The second-order valence-corrected chi connectivity index (χ2v) is 12.7. The fourth-order valence-electron chi connectivity index (χ4n) is 5.94. The maximum atomic E-state index is 14.4. The molecule has 0 saturated heterocycles. The van der Waals surface area contributed by atoms with Gasteiger partial charge in [-0.05, 0) is 93.1 Å². The monoisotopic (exact) mass is 651 g/mol. The number of aliphatic hydroxyl groups is 1. The Labute approximate surface area is 267 Å². The number of carbonyl (C=O) groups is 1. The van der Waals surface area contributed by atoms with E-state index < -0.39 is 47.0 Å². The molecule has 1 aliphatic rings. The third-order valence-electron chi connectivity index (χ3n) is 8.03. The van der Waals surface area contributed by atoms with Crippen molar-refractivity contribution in [2.45, 2.75) is 70.5 Å². The number of benzene rings is 3. The minimum absolute atomic E-state index is 0.0482. The van der Waals surface area contributed by atoms with Crippen LogP contribution in [0.5, 0.6) is 0 Å². The number of hydrogen-bond donors (Lipinski definition) is 1. The number of oxazole rings is 1. The quantitative estimate of drug-likeness (QED) is 0.187. The van der Waals surface area contributed by atoms with Gasteiger partial charge in [0.15, 0.2) is 11.4 Å². The highest BCUT2D eigenvalue weighted by molar-refractivity contribution is 5.84. The molecule has 9 nitrogen and oxygen atoms in total. The first-order chi connectivity index (χ1) is 22.2. The lowest BCUT2D eigenvalue weighted by Crippen LogP contribution is -2.46. The van der Waals surface area contributed by atoms with E-state index in [-0.39, 0.29) is 23.5 Å². The van der Waals surface area contributed by atoms with E-state index in [2.05, 4.69) is 15.2 Å². The number of hydrogen-bond acceptors (Lipinski definition) is 7. The summed E-state index contributed by atoms with van der Waals surface area (Å²) in [5.41, 5.74) is -0.115. The highest BCUT2D eigenvalue weighted by Gasteiger charge is 2.38. The molecule has 1 unspecified atom stereocenters. The molecule has 13 heteroatoms. The molecule has 2 atom stereocenters. The Balaban J connectivity index is 1.41. The molecule has 1 fully saturated rings. The Morgan fingerprint density at radius 3 is 2.49 bits per heavy atom. The lowest BCUT2D eigenvalue weighted by atomic mass is 9.97. The molecule has 2 aromatic heterocycles. The lowest BCUT2D eigenvalue weighted by molar-refractivity contribution is -0.136. The predicted octanol–water partition coefficient (Wildman–Crippen LogP) is 7.77. The Hall–Kier alpha value is -4.78. The van der Waals surface area contributed by atoms with Gasteiger partial charge in [0.1, 0.15) is 28.8 Å². The molecule has 246 valence electrons. The number of ether oxygens (including phenoxy) is 1. The van der Waals surface area contributed by atoms with Crippen molar-refractivity contribution >= 4 is 17.2 Å². The molecule has 0 spiro atoms. The summed E-state index contributed by atoms with van der Waals surface area (Å²) in [5.74, 6) is -0.0910. The van der Waals surface area contributed by atoms with Gasteiger partial charge in [0.2, 0.25) is 5.89 Å². The topological polar surface area (TPSA) is 107 Å². The van der Waals surface area contributed by atoms with E-state index in [9.17, 15) is 27.5 Å². The van der Waals surface area contributed by atoms with Crippen molar-refractivity contribution in [1.29, 1.82) is 0 Å². The summed E-state index contributed by atoms with van der Waals surface area (Å²) < 4.78 is 70.6. The Kier molecular flexibility index (Phi) is 8.29. The molecular weight excluding hydrogens is 618 g/mol. The van der Waals surface area contributed by atoms with E-state index in [1.807, 2.05) is 0 Å². The van der Waals surface area contributed by atoms with Crippen LogP contribution >= 0.6 is 0 Å². The van der Waals surface area contributed by atoms with Gasteiger partial charge >= 0.3 is 12.3 Å². The van der Waals surface area contributed by atoms with Crippen LogP contribution in [-0.4, -0.2) is 53.6 Å². The van der Waals surface area contributed by atoms with Crippen LogP contribution in [0.25, 0.3) is 45.1 Å². The number of carbonyl (C=O) groups excluding carboxylic acids is 1. The van der Waals surface area contributed by atoms with Gasteiger partial charge in [-0.3, -0.25) is 4.90 Å². The molecule has 2 heterocycles. The number of rotatable bonds is 6. The van der Waals surface area contributed by atoms with E-state index in [4.69, 9.17) is 9.15 Å². The number of aryl methyl sites for hydroxylation is 1. The molecular formula is C34H33F4N5O4. The van der Waals surface area contributed by atoms with Crippen molar-refractivity contribution < 1.29 is 36.6 Å². The first kappa shape index (κ1) is 32.2. The van der Waals surface area contributed by atoms with Gasteiger partial charge in [-0.2, -0.15) is 13.2 Å². The average Bonchev–Trinajstić information content (AvgIpc) is 3.73. The van der Waals surface area contributed by atoms with Crippen LogP contribution in [0, 0.1) is 5.82 Å². The number of aliphatic hydroxyl groups excluding tert-OH is 1. The molecule has 5 aromatic rings. The number of nitrogens with zero attached hydrogens (tertiary/aromatic N) is 5. The van der Waals surface area contributed by atoms with E-state index in [0.29, 0.717) is 47.3 Å². The van der Waals surface area contributed by atoms with Gasteiger partial charge in [0.25, 0.3) is 0 Å². The van der Waals surface area contributed by atoms with Crippen LogP contribution in [0.1, 0.15) is 51.2 Å². The van der Waals surface area contributed by atoms with Crippen LogP contribution in [0.2, 0.25) is 0 Å². The molecule has 0 radical (unpaired) electrons. The summed E-state index contributed by atoms with van der Waals surface area (Å²) in [6, 6.07) is 12.9. The summed E-state index contributed by atoms with van der Waals surface area (Å²) in [6.07, 6.45) is -3.22. The summed E-state index contributed by atoms with van der Waals surface area (Å²) in [7, 11) is 1.73. The van der Waals surface area contributed by atoms with Gasteiger partial charge in [-0.15, -0.1) is 10.2 Å². The third-order valence-corrected chi connectivity index (χ3v) is 8.03. The molecule has 1 aliphatic carbocycles. The second-order valence-electron chi connectivity index (χ2n) is 12.7. The van der Waals surface area contributed by atoms with E-state index in [1.165, 1.54) is 29.4 Å². The van der Waals surface area contributed by atoms with Gasteiger partial charge in [-0.25, -0.2) is 14.2 Å². The number of aromatic nitrogens is 4. The molecule has 3 aromatic carbocycles. The van der Waals surface area contributed by atoms with Gasteiger partial charge in [0.05, 0.1) is 12.1 Å². The summed E-state index contributed by atoms with van der Waals surface area (Å²) in [5, 5.41) is 18.6. The van der Waals surface area contributed by atoms with Crippen LogP contribution in [0.3, 0.4) is 0 Å². The number of fused-ring (bicyclic) bond motifs is 1. The highest BCUT2D eigenvalue weighted by Crippen LogP contribution is 2.40. The van der Waals surface area contributed by atoms with E-state index in [1.54, 1.807) is 62.7 Å². The Bertz CT molecular complexity index is 1950. The Morgan fingerprint density at radius 1 is 1.06 bits per heavy atom. The van der Waals surface area contributed by atoms with Crippen molar-refractivity contribution in [3.05, 3.63) is 77.9 Å². The summed E-state index contributed by atoms with van der Waals surface area (Å²) in [6.45, 7) is 4.85. The zero-order valence-corrected chi connectivity index (χ0v) is 26.2. The smallest absolute Gasteiger partial charge is 0.420 e. The maximum Gasteiger partial charge on any atom is 0.420 e. The fraction of sp³-hybridized carbons (Fsp3) is 0.353. The van der Waals surface area contributed by atoms with Crippen molar-refractivity contribution in [2.75, 3.05) is 0 Å². The third kappa shape index (κ3) is 6.71. The zero-order chi connectivity index (χ0) is 33.7. The molecule has 0 bridgehead atoms. The SMILES string of the molecule is Cn1cnnc1-c1cc(F)ccc1-c1cccc(-c2nc3cc(CN(C(=O)OC(C)(C)C)C4CCC[C@H]4O)cc(C(F)(F)F)c3o2)c1. The minimum Gasteiger partial charge on any atom is -0.444 e. The number of alkyl halides is 3. The molecule has 47 heavy (non-hydrogen) atoms. The zero-order valence-electron chi connectivity index (χ0n) is 26.2. The van der Waals surface area contributed by atoms with Crippen LogP contribution in [0.4, 0.5) is 22.4 Å². The normalized spacial score (nSPS) is 17.0. The molecule has 1 N–H and O–H groups in total. The molecule has 6 rings (SSSR count). The Morgan fingerprint density at radius 2 is 1.83 bits per heavy atom. The summed E-state index contributed by atoms with van der Waals surface area (Å²) in [4.78, 5) is 19.0. The largest absolute Gasteiger partial charge is 0.444 e. The van der Waals surface area contributed by atoms with Gasteiger partial charge in [-0.1, -0.05) is 18.2 Å². The van der Waals surface area contributed by atoms with Crippen molar-refractivity contribution in [3.63, 3.8) is 0 Å². The molecule has 0 aliphatic heterocycles.